The van der Waals surface area contributed by atoms with E-state index in [1.165, 1.54) is 11.3 Å². The summed E-state index contributed by atoms with van der Waals surface area (Å²) in [7, 11) is 0. The van der Waals surface area contributed by atoms with Gasteiger partial charge < -0.3 is 5.32 Å². The first-order valence-corrected chi connectivity index (χ1v) is 8.06. The zero-order chi connectivity index (χ0) is 16.6. The molecule has 0 atom stereocenters. The number of fused-ring (bicyclic) bond motifs is 1. The maximum absolute atomic E-state index is 12.2. The zero-order valence-corrected chi connectivity index (χ0v) is 13.5. The molecule has 0 saturated carbocycles. The Kier molecular flexibility index (Phi) is 3.96. The number of anilines is 1. The number of nitrogens with zero attached hydrogens (tertiary/aromatic N) is 2. The van der Waals surface area contributed by atoms with E-state index in [1.54, 1.807) is 24.3 Å². The number of thiazole rings is 1. The number of aromatic nitrogens is 1. The number of nitrogens with one attached hydrogen (secondary N) is 1. The summed E-state index contributed by atoms with van der Waals surface area (Å²) in [5, 5.41) is 4.98. The molecule has 0 spiro atoms. The standard InChI is InChI=1S/C16H15N3O3S/c1-9(2)12-8-23-16(17-12)18-13(20)7-19-14(21)10-5-3-4-6-11(10)15(19)22/h3-6,8-9H,7H2,1-2H3,(H,17,18,20). The molecule has 1 aromatic carbocycles. The van der Waals surface area contributed by atoms with Crippen LogP contribution in [0.3, 0.4) is 0 Å². The quantitative estimate of drug-likeness (QED) is 0.874. The molecule has 1 aliphatic rings. The van der Waals surface area contributed by atoms with Gasteiger partial charge in [0.05, 0.1) is 16.8 Å². The minimum atomic E-state index is -0.442. The van der Waals surface area contributed by atoms with E-state index < -0.39 is 17.7 Å². The second-order valence-corrected chi connectivity index (χ2v) is 6.38. The lowest BCUT2D eigenvalue weighted by Gasteiger charge is -2.12. The summed E-state index contributed by atoms with van der Waals surface area (Å²) in [4.78, 5) is 41.8. The van der Waals surface area contributed by atoms with E-state index in [0.29, 0.717) is 16.3 Å². The number of carbonyl (C=O) groups is 3. The van der Waals surface area contributed by atoms with Gasteiger partial charge in [0.25, 0.3) is 11.8 Å². The fraction of sp³-hybridized carbons (Fsp3) is 0.250. The molecule has 1 aliphatic heterocycles. The van der Waals surface area contributed by atoms with Crippen LogP contribution in [0.1, 0.15) is 46.2 Å². The second kappa shape index (κ2) is 5.92. The fourth-order valence-corrected chi connectivity index (χ4v) is 3.18. The predicted molar refractivity (Wildman–Crippen MR) is 86.6 cm³/mol. The maximum atomic E-state index is 12.2. The minimum Gasteiger partial charge on any atom is -0.300 e. The predicted octanol–water partition coefficient (Wildman–Crippen LogP) is 2.50. The van der Waals surface area contributed by atoms with Crippen LogP contribution in [0.15, 0.2) is 29.6 Å². The van der Waals surface area contributed by atoms with Gasteiger partial charge in [0.1, 0.15) is 6.54 Å². The molecule has 3 amide bonds. The average Bonchev–Trinajstić information content (AvgIpc) is 3.07. The first kappa shape index (κ1) is 15.4. The highest BCUT2D eigenvalue weighted by molar-refractivity contribution is 7.13. The topological polar surface area (TPSA) is 79.4 Å². The fourth-order valence-electron chi connectivity index (χ4n) is 2.29. The molecule has 0 aliphatic carbocycles. The maximum Gasteiger partial charge on any atom is 0.262 e. The summed E-state index contributed by atoms with van der Waals surface area (Å²) in [6.07, 6.45) is 0. The second-order valence-electron chi connectivity index (χ2n) is 5.52. The van der Waals surface area contributed by atoms with Crippen LogP contribution in [-0.4, -0.2) is 34.2 Å². The molecular weight excluding hydrogens is 314 g/mol. The third-order valence-corrected chi connectivity index (χ3v) is 4.32. The Bertz CT molecular complexity index is 762. The van der Waals surface area contributed by atoms with Crippen molar-refractivity contribution in [1.29, 1.82) is 0 Å². The average molecular weight is 329 g/mol. The number of benzene rings is 1. The largest absolute Gasteiger partial charge is 0.300 e. The van der Waals surface area contributed by atoms with Gasteiger partial charge in [-0.1, -0.05) is 26.0 Å². The van der Waals surface area contributed by atoms with Gasteiger partial charge in [-0.2, -0.15) is 0 Å². The summed E-state index contributed by atoms with van der Waals surface area (Å²) < 4.78 is 0. The zero-order valence-electron chi connectivity index (χ0n) is 12.7. The van der Waals surface area contributed by atoms with Crippen LogP contribution in [-0.2, 0) is 4.79 Å². The van der Waals surface area contributed by atoms with Crippen molar-refractivity contribution >= 4 is 34.2 Å². The van der Waals surface area contributed by atoms with Crippen LogP contribution in [0.25, 0.3) is 0 Å². The normalized spacial score (nSPS) is 13.6. The summed E-state index contributed by atoms with van der Waals surface area (Å²) in [5.74, 6) is -1.05. The van der Waals surface area contributed by atoms with Crippen LogP contribution < -0.4 is 5.32 Å². The molecular formula is C16H15N3O3S. The lowest BCUT2D eigenvalue weighted by molar-refractivity contribution is -0.116. The van der Waals surface area contributed by atoms with Crippen molar-refractivity contribution in [3.63, 3.8) is 0 Å². The number of carbonyl (C=O) groups excluding carboxylic acids is 3. The van der Waals surface area contributed by atoms with Crippen LogP contribution in [0.5, 0.6) is 0 Å². The van der Waals surface area contributed by atoms with Crippen LogP contribution in [0.2, 0.25) is 0 Å². The smallest absolute Gasteiger partial charge is 0.262 e. The number of amides is 3. The molecule has 7 heteroatoms. The van der Waals surface area contributed by atoms with Crippen molar-refractivity contribution in [2.45, 2.75) is 19.8 Å². The molecule has 2 heterocycles. The molecule has 23 heavy (non-hydrogen) atoms. The van der Waals surface area contributed by atoms with Gasteiger partial charge >= 0.3 is 0 Å². The van der Waals surface area contributed by atoms with Gasteiger partial charge in [0, 0.05) is 5.38 Å². The van der Waals surface area contributed by atoms with E-state index in [2.05, 4.69) is 10.3 Å². The van der Waals surface area contributed by atoms with Crippen molar-refractivity contribution in [3.8, 4) is 0 Å². The Balaban J connectivity index is 1.69. The van der Waals surface area contributed by atoms with Crippen molar-refractivity contribution in [2.24, 2.45) is 0 Å². The monoisotopic (exact) mass is 329 g/mol. The third kappa shape index (κ3) is 2.87. The molecule has 3 rings (SSSR count). The Morgan fingerprint density at radius 2 is 1.83 bits per heavy atom. The van der Waals surface area contributed by atoms with E-state index >= 15 is 0 Å². The van der Waals surface area contributed by atoms with Crippen LogP contribution >= 0.6 is 11.3 Å². The molecule has 0 radical (unpaired) electrons. The molecule has 1 N–H and O–H groups in total. The highest BCUT2D eigenvalue weighted by Gasteiger charge is 2.36. The summed E-state index contributed by atoms with van der Waals surface area (Å²) >= 11 is 1.32. The molecule has 1 aromatic heterocycles. The van der Waals surface area contributed by atoms with Gasteiger partial charge in [-0.25, -0.2) is 4.98 Å². The lowest BCUT2D eigenvalue weighted by Crippen LogP contribution is -2.37. The minimum absolute atomic E-state index is 0.271. The van der Waals surface area contributed by atoms with E-state index in [-0.39, 0.29) is 12.5 Å². The van der Waals surface area contributed by atoms with Gasteiger partial charge in [-0.05, 0) is 18.1 Å². The number of hydrogen-bond donors (Lipinski definition) is 1. The lowest BCUT2D eigenvalue weighted by atomic mass is 10.1. The van der Waals surface area contributed by atoms with Crippen molar-refractivity contribution in [1.82, 2.24) is 9.88 Å². The van der Waals surface area contributed by atoms with E-state index in [4.69, 9.17) is 0 Å². The Hall–Kier alpha value is -2.54. The summed E-state index contributed by atoms with van der Waals surface area (Å²) in [6, 6.07) is 6.56. The van der Waals surface area contributed by atoms with E-state index in [0.717, 1.165) is 10.6 Å². The summed E-state index contributed by atoms with van der Waals surface area (Å²) in [5.41, 5.74) is 1.56. The van der Waals surface area contributed by atoms with Gasteiger partial charge in [-0.3, -0.25) is 19.3 Å². The highest BCUT2D eigenvalue weighted by atomic mass is 32.1. The summed E-state index contributed by atoms with van der Waals surface area (Å²) in [6.45, 7) is 3.71. The van der Waals surface area contributed by atoms with Crippen molar-refractivity contribution in [3.05, 3.63) is 46.5 Å². The number of imide groups is 1. The molecule has 0 fully saturated rings. The van der Waals surface area contributed by atoms with Gasteiger partial charge in [0.15, 0.2) is 5.13 Å². The Morgan fingerprint density at radius 1 is 1.22 bits per heavy atom. The van der Waals surface area contributed by atoms with Crippen LogP contribution in [0.4, 0.5) is 5.13 Å². The molecule has 118 valence electrons. The van der Waals surface area contributed by atoms with Gasteiger partial charge in [-0.15, -0.1) is 11.3 Å². The first-order valence-electron chi connectivity index (χ1n) is 7.18. The SMILES string of the molecule is CC(C)c1csc(NC(=O)CN2C(=O)c3ccccc3C2=O)n1. The molecule has 0 bridgehead atoms. The Morgan fingerprint density at radius 3 is 2.35 bits per heavy atom. The van der Waals surface area contributed by atoms with E-state index in [1.807, 2.05) is 19.2 Å². The highest BCUT2D eigenvalue weighted by Crippen LogP contribution is 2.23. The number of rotatable bonds is 4. The third-order valence-electron chi connectivity index (χ3n) is 3.54. The van der Waals surface area contributed by atoms with Gasteiger partial charge in [0.2, 0.25) is 5.91 Å². The van der Waals surface area contributed by atoms with E-state index in [9.17, 15) is 14.4 Å². The first-order chi connectivity index (χ1) is 11.0. The van der Waals surface area contributed by atoms with Crippen molar-refractivity contribution < 1.29 is 14.4 Å². The number of hydrogen-bond acceptors (Lipinski definition) is 5. The molecule has 6 nitrogen and oxygen atoms in total. The molecule has 2 aromatic rings. The Labute approximate surface area is 137 Å². The van der Waals surface area contributed by atoms with Crippen molar-refractivity contribution in [2.75, 3.05) is 11.9 Å². The van der Waals surface area contributed by atoms with Crippen LogP contribution in [0, 0.1) is 0 Å². The molecule has 0 unspecified atom stereocenters. The molecule has 0 saturated heterocycles.